The SMILES string of the molecule is COc1cc(C2C(=C(O)c3ccc4c(c3)CC(C)O4)C(=O)C(=O)N2c2ccccn2)ccc1OCCC(C)C. The Balaban J connectivity index is 1.62. The van der Waals surface area contributed by atoms with E-state index in [9.17, 15) is 14.7 Å². The Hall–Kier alpha value is -4.33. The van der Waals surface area contributed by atoms with Gasteiger partial charge < -0.3 is 19.3 Å². The maximum Gasteiger partial charge on any atom is 0.301 e. The summed E-state index contributed by atoms with van der Waals surface area (Å²) < 4.78 is 17.4. The number of methoxy groups -OCH3 is 1. The highest BCUT2D eigenvalue weighted by molar-refractivity contribution is 6.51. The molecule has 8 nitrogen and oxygen atoms in total. The molecule has 1 N–H and O–H groups in total. The molecule has 0 bridgehead atoms. The highest BCUT2D eigenvalue weighted by Crippen LogP contribution is 2.44. The van der Waals surface area contributed by atoms with Crippen LogP contribution in [0.2, 0.25) is 0 Å². The Morgan fingerprint density at radius 1 is 1.13 bits per heavy atom. The molecule has 1 aromatic heterocycles. The van der Waals surface area contributed by atoms with E-state index >= 15 is 0 Å². The molecule has 2 aromatic carbocycles. The molecular weight excluding hydrogens is 496 g/mol. The van der Waals surface area contributed by atoms with Crippen LogP contribution >= 0.6 is 0 Å². The van der Waals surface area contributed by atoms with Gasteiger partial charge in [0.05, 0.1) is 25.3 Å². The van der Waals surface area contributed by atoms with Crippen molar-refractivity contribution < 1.29 is 28.9 Å². The molecule has 1 saturated heterocycles. The van der Waals surface area contributed by atoms with Crippen LogP contribution in [-0.2, 0) is 16.0 Å². The van der Waals surface area contributed by atoms with Crippen LogP contribution in [0, 0.1) is 5.92 Å². The fourth-order valence-corrected chi connectivity index (χ4v) is 4.98. The third kappa shape index (κ3) is 5.06. The summed E-state index contributed by atoms with van der Waals surface area (Å²) in [7, 11) is 1.54. The van der Waals surface area contributed by atoms with Crippen molar-refractivity contribution in [3.05, 3.63) is 83.1 Å². The average Bonchev–Trinajstić information content (AvgIpc) is 3.43. The topological polar surface area (TPSA) is 98.2 Å². The fourth-order valence-electron chi connectivity index (χ4n) is 4.98. The number of nitrogens with zero attached hydrogens (tertiary/aromatic N) is 2. The number of aliphatic hydroxyl groups excluding tert-OH is 1. The van der Waals surface area contributed by atoms with Gasteiger partial charge in [0, 0.05) is 18.2 Å². The summed E-state index contributed by atoms with van der Waals surface area (Å²) in [5, 5.41) is 11.5. The van der Waals surface area contributed by atoms with E-state index in [1.54, 1.807) is 54.7 Å². The lowest BCUT2D eigenvalue weighted by Crippen LogP contribution is -2.30. The van der Waals surface area contributed by atoms with Gasteiger partial charge in [-0.1, -0.05) is 26.0 Å². The number of ketones is 1. The zero-order valence-electron chi connectivity index (χ0n) is 22.5. The Kier molecular flexibility index (Phi) is 7.28. The summed E-state index contributed by atoms with van der Waals surface area (Å²) in [6, 6.07) is 14.8. The van der Waals surface area contributed by atoms with E-state index in [4.69, 9.17) is 14.2 Å². The van der Waals surface area contributed by atoms with Gasteiger partial charge in [-0.2, -0.15) is 0 Å². The van der Waals surface area contributed by atoms with Crippen LogP contribution in [0.3, 0.4) is 0 Å². The number of anilines is 1. The molecule has 0 radical (unpaired) electrons. The Morgan fingerprint density at radius 3 is 2.67 bits per heavy atom. The summed E-state index contributed by atoms with van der Waals surface area (Å²) in [5.41, 5.74) is 1.93. The van der Waals surface area contributed by atoms with Gasteiger partial charge in [-0.15, -0.1) is 0 Å². The standard InChI is InChI=1S/C31H32N2O6/c1-18(2)12-14-38-24-11-8-20(17-25(24)37-4)28-27(30(35)31(36)33(28)26-7-5-6-13-32-26)29(34)21-9-10-23-22(16-21)15-19(3)39-23/h5-11,13,16-19,28,34H,12,14-15H2,1-4H3. The Morgan fingerprint density at radius 2 is 1.95 bits per heavy atom. The lowest BCUT2D eigenvalue weighted by Gasteiger charge is -2.25. The molecule has 0 spiro atoms. The second-order valence-corrected chi connectivity index (χ2v) is 10.3. The maximum atomic E-state index is 13.5. The van der Waals surface area contributed by atoms with E-state index in [2.05, 4.69) is 18.8 Å². The van der Waals surface area contributed by atoms with Gasteiger partial charge in [0.15, 0.2) is 11.5 Å². The Labute approximate surface area is 227 Å². The smallest absolute Gasteiger partial charge is 0.301 e. The molecule has 2 aliphatic rings. The van der Waals surface area contributed by atoms with Crippen LogP contribution in [0.15, 0.2) is 66.4 Å². The van der Waals surface area contributed by atoms with Crippen LogP contribution in [0.4, 0.5) is 5.82 Å². The molecule has 202 valence electrons. The lowest BCUT2D eigenvalue weighted by atomic mass is 9.94. The number of benzene rings is 2. The molecule has 1 fully saturated rings. The van der Waals surface area contributed by atoms with Gasteiger partial charge in [0.1, 0.15) is 23.4 Å². The summed E-state index contributed by atoms with van der Waals surface area (Å²) in [6.07, 6.45) is 3.16. The van der Waals surface area contributed by atoms with Crippen molar-refractivity contribution in [1.82, 2.24) is 4.98 Å². The van der Waals surface area contributed by atoms with Crippen molar-refractivity contribution >= 4 is 23.3 Å². The number of aromatic nitrogens is 1. The largest absolute Gasteiger partial charge is 0.507 e. The number of hydrogen-bond donors (Lipinski definition) is 1. The molecule has 0 aliphatic carbocycles. The third-order valence-electron chi connectivity index (χ3n) is 6.97. The third-order valence-corrected chi connectivity index (χ3v) is 6.97. The van der Waals surface area contributed by atoms with Crippen molar-refractivity contribution in [1.29, 1.82) is 0 Å². The van der Waals surface area contributed by atoms with Gasteiger partial charge in [-0.3, -0.25) is 14.5 Å². The number of Topliss-reactive ketones (excluding diaryl/α,β-unsaturated/α-hetero) is 1. The van der Waals surface area contributed by atoms with Gasteiger partial charge >= 0.3 is 5.91 Å². The monoisotopic (exact) mass is 528 g/mol. The number of carbonyl (C=O) groups excluding carboxylic acids is 2. The molecule has 2 unspecified atom stereocenters. The predicted octanol–water partition coefficient (Wildman–Crippen LogP) is 5.46. The predicted molar refractivity (Wildman–Crippen MR) is 147 cm³/mol. The number of hydrogen-bond acceptors (Lipinski definition) is 7. The minimum atomic E-state index is -0.929. The van der Waals surface area contributed by atoms with Crippen molar-refractivity contribution in [3.8, 4) is 17.2 Å². The molecule has 2 atom stereocenters. The summed E-state index contributed by atoms with van der Waals surface area (Å²) in [4.78, 5) is 32.5. The fraction of sp³-hybridized carbons (Fsp3) is 0.323. The molecule has 3 aromatic rings. The number of pyridine rings is 1. The zero-order valence-corrected chi connectivity index (χ0v) is 22.5. The second-order valence-electron chi connectivity index (χ2n) is 10.3. The molecule has 3 heterocycles. The first-order valence-corrected chi connectivity index (χ1v) is 13.1. The second kappa shape index (κ2) is 10.8. The molecule has 39 heavy (non-hydrogen) atoms. The molecular formula is C31H32N2O6. The minimum absolute atomic E-state index is 0.0203. The van der Waals surface area contributed by atoms with E-state index in [0.29, 0.717) is 47.4 Å². The van der Waals surface area contributed by atoms with E-state index in [0.717, 1.165) is 17.7 Å². The van der Waals surface area contributed by atoms with Gasteiger partial charge in [0.25, 0.3) is 5.78 Å². The normalized spacial score (nSPS) is 19.8. The maximum absolute atomic E-state index is 13.5. The summed E-state index contributed by atoms with van der Waals surface area (Å²) in [5.74, 6) is 0.756. The van der Waals surface area contributed by atoms with Crippen LogP contribution in [0.1, 0.15) is 49.9 Å². The first-order valence-electron chi connectivity index (χ1n) is 13.1. The van der Waals surface area contributed by atoms with E-state index in [1.165, 1.54) is 12.0 Å². The number of fused-ring (bicyclic) bond motifs is 1. The Bertz CT molecular complexity index is 1430. The number of carbonyl (C=O) groups is 2. The van der Waals surface area contributed by atoms with E-state index in [1.807, 2.05) is 13.0 Å². The first-order chi connectivity index (χ1) is 18.8. The molecule has 2 aliphatic heterocycles. The summed E-state index contributed by atoms with van der Waals surface area (Å²) >= 11 is 0. The number of rotatable bonds is 8. The van der Waals surface area contributed by atoms with Gasteiger partial charge in [-0.25, -0.2) is 4.98 Å². The minimum Gasteiger partial charge on any atom is -0.507 e. The first kappa shape index (κ1) is 26.3. The quantitative estimate of drug-likeness (QED) is 0.235. The van der Waals surface area contributed by atoms with Crippen molar-refractivity contribution in [2.75, 3.05) is 18.6 Å². The average molecular weight is 529 g/mol. The van der Waals surface area contributed by atoms with Crippen molar-refractivity contribution in [2.24, 2.45) is 5.92 Å². The molecule has 5 rings (SSSR count). The van der Waals surface area contributed by atoms with Crippen molar-refractivity contribution in [2.45, 2.75) is 45.8 Å². The van der Waals surface area contributed by atoms with Gasteiger partial charge in [-0.05, 0) is 72.9 Å². The summed E-state index contributed by atoms with van der Waals surface area (Å²) in [6.45, 7) is 6.75. The van der Waals surface area contributed by atoms with Crippen LogP contribution in [0.25, 0.3) is 5.76 Å². The van der Waals surface area contributed by atoms with Crippen LogP contribution in [0.5, 0.6) is 17.2 Å². The lowest BCUT2D eigenvalue weighted by molar-refractivity contribution is -0.132. The zero-order chi connectivity index (χ0) is 27.7. The number of aliphatic hydroxyl groups is 1. The van der Waals surface area contributed by atoms with E-state index in [-0.39, 0.29) is 17.4 Å². The number of amides is 1. The van der Waals surface area contributed by atoms with Crippen LogP contribution in [-0.4, -0.2) is 41.6 Å². The highest BCUT2D eigenvalue weighted by Gasteiger charge is 2.47. The molecule has 0 saturated carbocycles. The highest BCUT2D eigenvalue weighted by atomic mass is 16.5. The van der Waals surface area contributed by atoms with Gasteiger partial charge in [0.2, 0.25) is 0 Å². The molecule has 8 heteroatoms. The number of ether oxygens (including phenoxy) is 3. The van der Waals surface area contributed by atoms with Crippen molar-refractivity contribution in [3.63, 3.8) is 0 Å². The molecule has 1 amide bonds. The van der Waals surface area contributed by atoms with E-state index < -0.39 is 17.7 Å². The van der Waals surface area contributed by atoms with Crippen LogP contribution < -0.4 is 19.1 Å².